The van der Waals surface area contributed by atoms with Gasteiger partial charge >= 0.3 is 0 Å². The highest BCUT2D eigenvalue weighted by Gasteiger charge is 2.62. The van der Waals surface area contributed by atoms with Crippen molar-refractivity contribution in [3.63, 3.8) is 0 Å². The molecule has 2 unspecified atom stereocenters. The molecule has 3 nitrogen and oxygen atoms in total. The molecule has 1 heterocycles. The molecule has 3 heteroatoms. The smallest absolute Gasteiger partial charge is 0.0774 e. The van der Waals surface area contributed by atoms with Crippen LogP contribution >= 0.6 is 0 Å². The first-order valence-corrected chi connectivity index (χ1v) is 13.3. The molecule has 4 fully saturated rings. The minimum absolute atomic E-state index is 0.296. The molecule has 0 aromatic carbocycles. The van der Waals surface area contributed by atoms with Gasteiger partial charge in [0.05, 0.1) is 24.2 Å². The Kier molecular flexibility index (Phi) is 5.39. The van der Waals surface area contributed by atoms with E-state index in [4.69, 9.17) is 0 Å². The predicted molar refractivity (Wildman–Crippen MR) is 130 cm³/mol. The van der Waals surface area contributed by atoms with Crippen LogP contribution in [0.2, 0.25) is 0 Å². The van der Waals surface area contributed by atoms with Gasteiger partial charge in [-0.05, 0) is 117 Å². The van der Waals surface area contributed by atoms with Crippen molar-refractivity contribution in [2.24, 2.45) is 51.8 Å². The van der Waals surface area contributed by atoms with Crippen LogP contribution in [-0.4, -0.2) is 9.78 Å². The fourth-order valence-corrected chi connectivity index (χ4v) is 9.75. The van der Waals surface area contributed by atoms with E-state index >= 15 is 0 Å². The zero-order chi connectivity index (χ0) is 22.7. The summed E-state index contributed by atoms with van der Waals surface area (Å²) in [5, 5.41) is 14.9. The van der Waals surface area contributed by atoms with Crippen LogP contribution in [0.15, 0.2) is 25.0 Å². The van der Waals surface area contributed by atoms with Crippen molar-refractivity contribution in [1.82, 2.24) is 9.78 Å². The first-order chi connectivity index (χ1) is 15.2. The molecule has 0 N–H and O–H groups in total. The normalized spacial score (nSPS) is 45.1. The SMILES string of the molecule is C=C[C@]12CC[C@@H]3C(CC[C@@]4(C)C3CC[C@@H]4[C@](C)(C#N)Cn3cc(C)cn3)[C@H]1CC[C@H](C)C2. The first kappa shape index (κ1) is 22.2. The van der Waals surface area contributed by atoms with Crippen LogP contribution in [-0.2, 0) is 6.54 Å². The van der Waals surface area contributed by atoms with E-state index in [9.17, 15) is 5.26 Å². The molecule has 5 rings (SSSR count). The maximum Gasteiger partial charge on any atom is 0.0774 e. The number of rotatable bonds is 4. The number of nitriles is 1. The van der Waals surface area contributed by atoms with E-state index in [2.05, 4.69) is 57.7 Å². The van der Waals surface area contributed by atoms with Gasteiger partial charge < -0.3 is 0 Å². The van der Waals surface area contributed by atoms with Gasteiger partial charge in [-0.25, -0.2) is 0 Å². The Morgan fingerprint density at radius 3 is 2.59 bits per heavy atom. The van der Waals surface area contributed by atoms with Crippen molar-refractivity contribution < 1.29 is 0 Å². The first-order valence-electron chi connectivity index (χ1n) is 13.3. The third-order valence-electron chi connectivity index (χ3n) is 11.1. The molecule has 0 radical (unpaired) electrons. The molecule has 0 saturated heterocycles. The van der Waals surface area contributed by atoms with E-state index in [0.717, 1.165) is 36.1 Å². The molecule has 9 atom stereocenters. The lowest BCUT2D eigenvalue weighted by atomic mass is 9.44. The predicted octanol–water partition coefficient (Wildman–Crippen LogP) is 7.18. The third kappa shape index (κ3) is 3.23. The summed E-state index contributed by atoms with van der Waals surface area (Å²) in [6.45, 7) is 14.4. The lowest BCUT2D eigenvalue weighted by Crippen LogP contribution is -2.53. The molecule has 1 aromatic heterocycles. The van der Waals surface area contributed by atoms with Gasteiger partial charge in [0, 0.05) is 6.20 Å². The van der Waals surface area contributed by atoms with Gasteiger partial charge in [-0.3, -0.25) is 4.68 Å². The van der Waals surface area contributed by atoms with Crippen molar-refractivity contribution >= 4 is 0 Å². The Morgan fingerprint density at radius 1 is 1.19 bits per heavy atom. The van der Waals surface area contributed by atoms with E-state index in [1.807, 2.05) is 10.9 Å². The molecule has 4 aliphatic carbocycles. The summed E-state index contributed by atoms with van der Waals surface area (Å²) in [7, 11) is 0. The Bertz CT molecular complexity index is 910. The number of hydrogen-bond donors (Lipinski definition) is 0. The minimum atomic E-state index is -0.353. The van der Waals surface area contributed by atoms with Gasteiger partial charge in [-0.1, -0.05) is 26.3 Å². The van der Waals surface area contributed by atoms with Crippen LogP contribution in [0.5, 0.6) is 0 Å². The molecule has 174 valence electrons. The summed E-state index contributed by atoms with van der Waals surface area (Å²) in [6, 6.07) is 2.80. The third-order valence-corrected chi connectivity index (χ3v) is 11.1. The Morgan fingerprint density at radius 2 is 1.91 bits per heavy atom. The zero-order valence-corrected chi connectivity index (χ0v) is 20.8. The number of aryl methyl sites for hydroxylation is 1. The Balaban J connectivity index is 1.40. The molecule has 32 heavy (non-hydrogen) atoms. The maximum absolute atomic E-state index is 10.4. The zero-order valence-electron chi connectivity index (χ0n) is 20.8. The average molecular weight is 434 g/mol. The summed E-state index contributed by atoms with van der Waals surface area (Å²) in [6.07, 6.45) is 18.5. The number of hydrogen-bond acceptors (Lipinski definition) is 2. The standard InChI is InChI=1S/C29H43N3/c1-6-29-14-12-22-23(25(29)8-7-20(2)15-29)11-13-28(5)24(22)9-10-26(28)27(4,18-30)19-32-17-21(3)16-31-32/h6,16-17,20,22-26H,1,7-15,19H2,2-5H3/t20-,22+,23?,24?,25+,26+,27+,28-,29+/m0/s1. The lowest BCUT2D eigenvalue weighted by Gasteiger charge is -2.60. The van der Waals surface area contributed by atoms with Crippen molar-refractivity contribution in [1.29, 1.82) is 5.26 Å². The van der Waals surface area contributed by atoms with Gasteiger partial charge in [0.1, 0.15) is 0 Å². The average Bonchev–Trinajstić information content (AvgIpc) is 3.35. The number of aromatic nitrogens is 2. The molecule has 1 aromatic rings. The fraction of sp³-hybridized carbons (Fsp3) is 0.793. The second-order valence-corrected chi connectivity index (χ2v) is 12.8. The van der Waals surface area contributed by atoms with Crippen LogP contribution in [0.4, 0.5) is 0 Å². The van der Waals surface area contributed by atoms with Gasteiger partial charge in [-0.15, -0.1) is 6.58 Å². The van der Waals surface area contributed by atoms with Crippen molar-refractivity contribution in [2.75, 3.05) is 0 Å². The van der Waals surface area contributed by atoms with E-state index in [0.29, 0.717) is 16.7 Å². The molecule has 0 bridgehead atoms. The molecule has 4 saturated carbocycles. The number of allylic oxidation sites excluding steroid dienone is 1. The summed E-state index contributed by atoms with van der Waals surface area (Å²) >= 11 is 0. The minimum Gasteiger partial charge on any atom is -0.271 e. The monoisotopic (exact) mass is 433 g/mol. The van der Waals surface area contributed by atoms with Gasteiger partial charge in [0.2, 0.25) is 0 Å². The maximum atomic E-state index is 10.4. The quantitative estimate of drug-likeness (QED) is 0.472. The van der Waals surface area contributed by atoms with E-state index in [-0.39, 0.29) is 5.41 Å². The molecule has 0 amide bonds. The summed E-state index contributed by atoms with van der Waals surface area (Å²) in [5.41, 5.74) is 1.53. The highest BCUT2D eigenvalue weighted by molar-refractivity contribution is 5.16. The summed E-state index contributed by atoms with van der Waals surface area (Å²) in [4.78, 5) is 0. The van der Waals surface area contributed by atoms with Crippen molar-refractivity contribution in [3.8, 4) is 6.07 Å². The molecular formula is C29H43N3. The van der Waals surface area contributed by atoms with Gasteiger partial charge in [-0.2, -0.15) is 10.4 Å². The van der Waals surface area contributed by atoms with Crippen LogP contribution in [0, 0.1) is 70.0 Å². The van der Waals surface area contributed by atoms with Crippen molar-refractivity contribution in [3.05, 3.63) is 30.6 Å². The summed E-state index contributed by atoms with van der Waals surface area (Å²) in [5.74, 6) is 4.71. The fourth-order valence-electron chi connectivity index (χ4n) is 9.75. The topological polar surface area (TPSA) is 41.6 Å². The van der Waals surface area contributed by atoms with Crippen LogP contribution in [0.1, 0.15) is 84.1 Å². The second kappa shape index (κ2) is 7.75. The van der Waals surface area contributed by atoms with Crippen LogP contribution < -0.4 is 0 Å². The molecule has 0 aliphatic heterocycles. The highest BCUT2D eigenvalue weighted by atomic mass is 15.3. The molecule has 0 spiro atoms. The van der Waals surface area contributed by atoms with Crippen molar-refractivity contribution in [2.45, 2.75) is 92.0 Å². The van der Waals surface area contributed by atoms with Gasteiger partial charge in [0.15, 0.2) is 0 Å². The summed E-state index contributed by atoms with van der Waals surface area (Å²) < 4.78 is 2.02. The second-order valence-electron chi connectivity index (χ2n) is 12.8. The number of fused-ring (bicyclic) bond motifs is 5. The van der Waals surface area contributed by atoms with Gasteiger partial charge in [0.25, 0.3) is 0 Å². The van der Waals surface area contributed by atoms with E-state index in [1.165, 1.54) is 63.4 Å². The van der Waals surface area contributed by atoms with E-state index in [1.54, 1.807) is 0 Å². The largest absolute Gasteiger partial charge is 0.271 e. The lowest BCUT2D eigenvalue weighted by molar-refractivity contribution is -0.100. The van der Waals surface area contributed by atoms with E-state index < -0.39 is 0 Å². The number of nitrogens with zero attached hydrogens (tertiary/aromatic N) is 3. The highest BCUT2D eigenvalue weighted by Crippen LogP contribution is 2.69. The van der Waals surface area contributed by atoms with Crippen LogP contribution in [0.3, 0.4) is 0 Å². The van der Waals surface area contributed by atoms with Crippen LogP contribution in [0.25, 0.3) is 0 Å². The molecule has 4 aliphatic rings. The Hall–Kier alpha value is -1.56. The Labute approximate surface area is 195 Å². The molecular weight excluding hydrogens is 390 g/mol.